The van der Waals surface area contributed by atoms with Crippen LogP contribution in [0.5, 0.6) is 11.5 Å². The van der Waals surface area contributed by atoms with Crippen molar-refractivity contribution in [1.82, 2.24) is 9.47 Å². The quantitative estimate of drug-likeness (QED) is 0.343. The summed E-state index contributed by atoms with van der Waals surface area (Å²) in [7, 11) is 1.59. The Bertz CT molecular complexity index is 1580. The van der Waals surface area contributed by atoms with Crippen molar-refractivity contribution in [3.05, 3.63) is 102 Å². The number of nitrogens with zero attached hydrogens (tertiary/aromatic N) is 3. The highest BCUT2D eigenvalue weighted by molar-refractivity contribution is 9.10. The second kappa shape index (κ2) is 12.0. The van der Waals surface area contributed by atoms with Gasteiger partial charge in [-0.1, -0.05) is 48.3 Å². The van der Waals surface area contributed by atoms with E-state index in [1.807, 2.05) is 69.3 Å². The lowest BCUT2D eigenvalue weighted by atomic mass is 9.94. The fourth-order valence-electron chi connectivity index (χ4n) is 4.49. The van der Waals surface area contributed by atoms with Crippen molar-refractivity contribution < 1.29 is 14.3 Å². The molecule has 2 aromatic carbocycles. The number of aromatic nitrogens is 1. The molecule has 0 fully saturated rings. The number of benzene rings is 2. The number of methoxy groups -OCH3 is 1. The molecule has 38 heavy (non-hydrogen) atoms. The SMILES string of the molecule is C=CCOc1ccc(/C=c2/sc3n(c2=O)[C@@H](c2ccccc2OC)C(C(=O)N(CC)CC)=C(C)N=3)cc1Br. The van der Waals surface area contributed by atoms with Crippen LogP contribution in [0.3, 0.4) is 0 Å². The molecule has 0 radical (unpaired) electrons. The number of hydrogen-bond donors (Lipinski definition) is 0. The highest BCUT2D eigenvalue weighted by atomic mass is 79.9. The van der Waals surface area contributed by atoms with Gasteiger partial charge in [0.15, 0.2) is 4.80 Å². The number of carbonyl (C=O) groups is 1. The van der Waals surface area contributed by atoms with Gasteiger partial charge in [0.25, 0.3) is 11.5 Å². The van der Waals surface area contributed by atoms with Crippen LogP contribution in [0.25, 0.3) is 6.08 Å². The maximum atomic E-state index is 13.9. The highest BCUT2D eigenvalue weighted by Gasteiger charge is 2.35. The predicted molar refractivity (Wildman–Crippen MR) is 155 cm³/mol. The number of fused-ring (bicyclic) bond motifs is 1. The van der Waals surface area contributed by atoms with E-state index in [4.69, 9.17) is 14.5 Å². The largest absolute Gasteiger partial charge is 0.496 e. The Kier molecular flexibility index (Phi) is 8.69. The summed E-state index contributed by atoms with van der Waals surface area (Å²) in [4.78, 5) is 34.7. The van der Waals surface area contributed by atoms with Crippen LogP contribution in [-0.2, 0) is 4.79 Å². The van der Waals surface area contributed by atoms with E-state index < -0.39 is 6.04 Å². The summed E-state index contributed by atoms with van der Waals surface area (Å²) in [5, 5.41) is 0. The normalized spacial score (nSPS) is 15.1. The number of carbonyl (C=O) groups excluding carboxylic acids is 1. The van der Waals surface area contributed by atoms with Gasteiger partial charge in [-0.25, -0.2) is 4.99 Å². The Hall–Kier alpha value is -3.43. The van der Waals surface area contributed by atoms with E-state index in [9.17, 15) is 9.59 Å². The Labute approximate surface area is 234 Å². The standard InChI is InChI=1S/C29H30BrN3O4S/c1-6-15-37-23-14-13-19(16-21(23)30)17-24-27(34)33-26(20-11-9-10-12-22(20)36-5)25(18(4)31-29(33)38-24)28(35)32(7-2)8-3/h6,9-14,16-17,26H,1,7-8,15H2,2-5H3/b24-17+/t26-/m0/s1. The van der Waals surface area contributed by atoms with Crippen LogP contribution in [0.4, 0.5) is 0 Å². The smallest absolute Gasteiger partial charge is 0.271 e. The fraction of sp³-hybridized carbons (Fsp3) is 0.276. The number of rotatable bonds is 9. The molecular formula is C29H30BrN3O4S. The summed E-state index contributed by atoms with van der Waals surface area (Å²) in [5.41, 5.74) is 2.42. The predicted octanol–water partition coefficient (Wildman–Crippen LogP) is 4.44. The second-order valence-electron chi connectivity index (χ2n) is 8.59. The van der Waals surface area contributed by atoms with E-state index in [1.165, 1.54) is 11.3 Å². The minimum Gasteiger partial charge on any atom is -0.496 e. The van der Waals surface area contributed by atoms with Crippen molar-refractivity contribution in [2.24, 2.45) is 4.99 Å². The molecule has 0 unspecified atom stereocenters. The van der Waals surface area contributed by atoms with Crippen molar-refractivity contribution in [3.63, 3.8) is 0 Å². The van der Waals surface area contributed by atoms with E-state index in [1.54, 1.807) is 22.7 Å². The molecule has 0 saturated heterocycles. The topological polar surface area (TPSA) is 73.1 Å². The first-order chi connectivity index (χ1) is 18.3. The lowest BCUT2D eigenvalue weighted by Crippen LogP contribution is -2.43. The van der Waals surface area contributed by atoms with Crippen molar-refractivity contribution in [3.8, 4) is 11.5 Å². The molecule has 1 atom stereocenters. The lowest BCUT2D eigenvalue weighted by molar-refractivity contribution is -0.127. The monoisotopic (exact) mass is 595 g/mol. The Morgan fingerprint density at radius 3 is 2.61 bits per heavy atom. The fourth-order valence-corrected chi connectivity index (χ4v) is 6.04. The molecule has 1 aliphatic rings. The maximum absolute atomic E-state index is 13.9. The van der Waals surface area contributed by atoms with E-state index in [2.05, 4.69) is 22.5 Å². The summed E-state index contributed by atoms with van der Waals surface area (Å²) in [6, 6.07) is 12.5. The van der Waals surface area contributed by atoms with Gasteiger partial charge in [-0.05, 0) is 66.5 Å². The Morgan fingerprint density at radius 1 is 1.21 bits per heavy atom. The summed E-state index contributed by atoms with van der Waals surface area (Å²) in [6.45, 7) is 10.9. The van der Waals surface area contributed by atoms with Crippen LogP contribution in [0.2, 0.25) is 0 Å². The van der Waals surface area contributed by atoms with Gasteiger partial charge >= 0.3 is 0 Å². The molecule has 1 aliphatic heterocycles. The van der Waals surface area contributed by atoms with Crippen molar-refractivity contribution in [2.75, 3.05) is 26.8 Å². The van der Waals surface area contributed by atoms with Gasteiger partial charge in [0.05, 0.1) is 27.4 Å². The van der Waals surface area contributed by atoms with Crippen LogP contribution in [-0.4, -0.2) is 42.2 Å². The van der Waals surface area contributed by atoms with Gasteiger partial charge in [0.2, 0.25) is 0 Å². The molecule has 198 valence electrons. The van der Waals surface area contributed by atoms with Crippen LogP contribution < -0.4 is 24.4 Å². The van der Waals surface area contributed by atoms with Crippen LogP contribution in [0.15, 0.2) is 80.6 Å². The molecule has 0 bridgehead atoms. The minimum absolute atomic E-state index is 0.138. The molecule has 0 saturated carbocycles. The molecule has 3 aromatic rings. The first kappa shape index (κ1) is 27.6. The molecule has 0 N–H and O–H groups in total. The first-order valence-corrected chi connectivity index (χ1v) is 13.9. The van der Waals surface area contributed by atoms with E-state index >= 15 is 0 Å². The molecule has 7 nitrogen and oxygen atoms in total. The number of likely N-dealkylation sites (N-methyl/N-ethyl adjacent to an activating group) is 1. The molecule has 4 rings (SSSR count). The third-order valence-electron chi connectivity index (χ3n) is 6.35. The van der Waals surface area contributed by atoms with Crippen molar-refractivity contribution >= 4 is 39.2 Å². The molecule has 1 amide bonds. The molecular weight excluding hydrogens is 566 g/mol. The van der Waals surface area contributed by atoms with Crippen LogP contribution in [0.1, 0.15) is 37.9 Å². The summed E-state index contributed by atoms with van der Waals surface area (Å²) in [5.74, 6) is 1.15. The summed E-state index contributed by atoms with van der Waals surface area (Å²) < 4.78 is 14.2. The zero-order chi connectivity index (χ0) is 27.4. The average molecular weight is 597 g/mol. The van der Waals surface area contributed by atoms with Crippen molar-refractivity contribution in [1.29, 1.82) is 0 Å². The highest BCUT2D eigenvalue weighted by Crippen LogP contribution is 2.36. The Morgan fingerprint density at radius 2 is 1.95 bits per heavy atom. The van der Waals surface area contributed by atoms with E-state index in [-0.39, 0.29) is 11.5 Å². The van der Waals surface area contributed by atoms with Crippen molar-refractivity contribution in [2.45, 2.75) is 26.8 Å². The third-order valence-corrected chi connectivity index (χ3v) is 7.95. The second-order valence-corrected chi connectivity index (χ2v) is 10.5. The summed E-state index contributed by atoms with van der Waals surface area (Å²) >= 11 is 4.84. The lowest BCUT2D eigenvalue weighted by Gasteiger charge is -2.29. The van der Waals surface area contributed by atoms with Gasteiger partial charge in [-0.3, -0.25) is 14.2 Å². The number of thiazole rings is 1. The third kappa shape index (κ3) is 5.26. The molecule has 0 aliphatic carbocycles. The van der Waals surface area contributed by atoms with Crippen LogP contribution in [0, 0.1) is 0 Å². The number of para-hydroxylation sites is 1. The number of ether oxygens (including phenoxy) is 2. The maximum Gasteiger partial charge on any atom is 0.271 e. The number of halogens is 1. The Balaban J connectivity index is 1.92. The number of allylic oxidation sites excluding steroid dienone is 1. The molecule has 2 heterocycles. The molecule has 0 spiro atoms. The molecule has 1 aromatic heterocycles. The van der Waals surface area contributed by atoms with Gasteiger partial charge in [0, 0.05) is 18.7 Å². The van der Waals surface area contributed by atoms with Gasteiger partial charge in [-0.2, -0.15) is 0 Å². The number of amides is 1. The average Bonchev–Trinajstić information content (AvgIpc) is 3.22. The van der Waals surface area contributed by atoms with Gasteiger partial charge in [0.1, 0.15) is 24.1 Å². The van der Waals surface area contributed by atoms with Gasteiger partial charge < -0.3 is 14.4 Å². The zero-order valence-corrected chi connectivity index (χ0v) is 24.3. The minimum atomic E-state index is -0.668. The zero-order valence-electron chi connectivity index (χ0n) is 21.9. The summed E-state index contributed by atoms with van der Waals surface area (Å²) in [6.07, 6.45) is 3.51. The number of hydrogen-bond acceptors (Lipinski definition) is 6. The van der Waals surface area contributed by atoms with E-state index in [0.29, 0.717) is 51.8 Å². The van der Waals surface area contributed by atoms with Gasteiger partial charge in [-0.15, -0.1) is 0 Å². The first-order valence-electron chi connectivity index (χ1n) is 12.3. The van der Waals surface area contributed by atoms with E-state index in [0.717, 1.165) is 15.6 Å². The molecule has 9 heteroatoms. The van der Waals surface area contributed by atoms with Crippen LogP contribution >= 0.6 is 27.3 Å².